The lowest BCUT2D eigenvalue weighted by Crippen LogP contribution is -2.43. The van der Waals surface area contributed by atoms with Gasteiger partial charge in [0.1, 0.15) is 0 Å². The highest BCUT2D eigenvalue weighted by Gasteiger charge is 2.40. The molecule has 0 N–H and O–H groups in total. The summed E-state index contributed by atoms with van der Waals surface area (Å²) in [5, 5.41) is 0. The van der Waals surface area contributed by atoms with Crippen molar-refractivity contribution in [2.24, 2.45) is 5.41 Å². The number of hydrogen-bond acceptors (Lipinski definition) is 3. The van der Waals surface area contributed by atoms with Gasteiger partial charge in [-0.3, -0.25) is 19.4 Å². The van der Waals surface area contributed by atoms with Crippen molar-refractivity contribution in [3.05, 3.63) is 41.5 Å². The molecule has 1 aliphatic heterocycles. The molecule has 4 amide bonds. The highest BCUT2D eigenvalue weighted by molar-refractivity contribution is 6.08. The molecule has 0 atom stereocenters. The lowest BCUT2D eigenvalue weighted by Gasteiger charge is -2.23. The van der Waals surface area contributed by atoms with Crippen LogP contribution < -0.4 is 0 Å². The van der Waals surface area contributed by atoms with Gasteiger partial charge in [0.25, 0.3) is 5.91 Å². The van der Waals surface area contributed by atoms with Crippen LogP contribution in [0.1, 0.15) is 31.9 Å². The monoisotopic (exact) mass is 368 g/mol. The van der Waals surface area contributed by atoms with Crippen molar-refractivity contribution in [3.8, 4) is 0 Å². The molecule has 0 bridgehead atoms. The van der Waals surface area contributed by atoms with Gasteiger partial charge in [-0.15, -0.1) is 0 Å². The molecular weight excluding hydrogens is 349 g/mol. The Morgan fingerprint density at radius 3 is 2.04 bits per heavy atom. The number of amides is 4. The van der Waals surface area contributed by atoms with E-state index >= 15 is 0 Å². The zero-order chi connectivity index (χ0) is 19.7. The summed E-state index contributed by atoms with van der Waals surface area (Å²) in [6, 6.07) is 3.60. The van der Waals surface area contributed by atoms with Gasteiger partial charge in [0.2, 0.25) is 5.91 Å². The number of carbonyl (C=O) groups excluding carboxylic acids is 3. The molecule has 5 nitrogen and oxygen atoms in total. The highest BCUT2D eigenvalue weighted by atomic mass is 19.4. The van der Waals surface area contributed by atoms with Crippen molar-refractivity contribution in [2.75, 3.05) is 13.1 Å². The fourth-order valence-electron chi connectivity index (χ4n) is 2.38. The number of benzene rings is 1. The van der Waals surface area contributed by atoms with Crippen molar-refractivity contribution in [1.82, 2.24) is 9.80 Å². The minimum atomic E-state index is -4.43. The average molecular weight is 368 g/mol. The Labute approximate surface area is 149 Å². The van der Waals surface area contributed by atoms with Crippen LogP contribution in [-0.2, 0) is 15.8 Å². The summed E-state index contributed by atoms with van der Waals surface area (Å²) >= 11 is 0. The number of halogens is 3. The molecule has 0 aromatic heterocycles. The molecule has 1 aromatic rings. The molecule has 2 rings (SSSR count). The summed E-state index contributed by atoms with van der Waals surface area (Å²) in [6.45, 7) is 5.23. The molecule has 0 unspecified atom stereocenters. The molecular formula is C18H19F3N2O3. The second-order valence-corrected chi connectivity index (χ2v) is 6.93. The number of hydrogen-bond donors (Lipinski definition) is 0. The van der Waals surface area contributed by atoms with Crippen LogP contribution in [0.25, 0.3) is 6.08 Å². The van der Waals surface area contributed by atoms with Gasteiger partial charge in [-0.25, -0.2) is 4.79 Å². The maximum Gasteiger partial charge on any atom is 0.416 e. The molecule has 0 saturated carbocycles. The summed E-state index contributed by atoms with van der Waals surface area (Å²) < 4.78 is 37.6. The van der Waals surface area contributed by atoms with Crippen LogP contribution in [0, 0.1) is 5.41 Å². The fourth-order valence-corrected chi connectivity index (χ4v) is 2.38. The number of imide groups is 2. The lowest BCUT2D eigenvalue weighted by atomic mass is 9.95. The third-order valence-electron chi connectivity index (χ3n) is 3.82. The summed E-state index contributed by atoms with van der Waals surface area (Å²) in [6.07, 6.45) is -2.00. The molecule has 1 saturated heterocycles. The molecule has 8 heteroatoms. The van der Waals surface area contributed by atoms with E-state index in [1.54, 1.807) is 20.8 Å². The average Bonchev–Trinajstić information content (AvgIpc) is 2.92. The number of alkyl halides is 3. The molecule has 26 heavy (non-hydrogen) atoms. The molecule has 1 fully saturated rings. The van der Waals surface area contributed by atoms with Crippen LogP contribution in [0.5, 0.6) is 0 Å². The maximum atomic E-state index is 12.5. The van der Waals surface area contributed by atoms with Gasteiger partial charge in [-0.1, -0.05) is 32.9 Å². The van der Waals surface area contributed by atoms with E-state index in [9.17, 15) is 27.6 Å². The number of nitrogens with zero attached hydrogens (tertiary/aromatic N) is 2. The van der Waals surface area contributed by atoms with Crippen LogP contribution in [0.15, 0.2) is 30.3 Å². The second kappa shape index (κ2) is 6.93. The van der Waals surface area contributed by atoms with Gasteiger partial charge in [0, 0.05) is 24.6 Å². The van der Waals surface area contributed by atoms with Gasteiger partial charge >= 0.3 is 12.2 Å². The zero-order valence-corrected chi connectivity index (χ0v) is 14.6. The summed E-state index contributed by atoms with van der Waals surface area (Å²) in [7, 11) is 0. The topological polar surface area (TPSA) is 57.7 Å². The molecule has 140 valence electrons. The largest absolute Gasteiger partial charge is 0.416 e. The molecule has 0 aliphatic carbocycles. The van der Waals surface area contributed by atoms with Gasteiger partial charge in [0.15, 0.2) is 0 Å². The van der Waals surface area contributed by atoms with E-state index < -0.39 is 29.1 Å². The van der Waals surface area contributed by atoms with Gasteiger partial charge < -0.3 is 0 Å². The summed E-state index contributed by atoms with van der Waals surface area (Å²) in [4.78, 5) is 38.6. The van der Waals surface area contributed by atoms with Crippen molar-refractivity contribution < 1.29 is 27.6 Å². The van der Waals surface area contributed by atoms with Gasteiger partial charge in [0.05, 0.1) is 5.56 Å². The Bertz CT molecular complexity index is 746. The SMILES string of the molecule is CC(C)(C)C(=O)N1CCN(C(=O)/C=C/c2ccc(C(F)(F)F)cc2)C1=O. The standard InChI is InChI=1S/C18H19F3N2O3/c1-17(2,3)15(25)23-11-10-22(16(23)26)14(24)9-6-12-4-7-13(8-5-12)18(19,20)21/h4-9H,10-11H2,1-3H3/b9-6+. The Hall–Kier alpha value is -2.64. The first-order valence-electron chi connectivity index (χ1n) is 7.94. The minimum Gasteiger partial charge on any atom is -0.274 e. The molecule has 1 heterocycles. The normalized spacial score (nSPS) is 15.8. The van der Waals surface area contributed by atoms with Gasteiger partial charge in [-0.2, -0.15) is 13.2 Å². The highest BCUT2D eigenvalue weighted by Crippen LogP contribution is 2.29. The van der Waals surface area contributed by atoms with E-state index in [4.69, 9.17) is 0 Å². The summed E-state index contributed by atoms with van der Waals surface area (Å²) in [5.41, 5.74) is -1.14. The second-order valence-electron chi connectivity index (χ2n) is 6.93. The number of rotatable bonds is 2. The van der Waals surface area contributed by atoms with E-state index in [1.165, 1.54) is 18.2 Å². The van der Waals surface area contributed by atoms with Crippen LogP contribution in [0.3, 0.4) is 0 Å². The van der Waals surface area contributed by atoms with Crippen LogP contribution in [0.4, 0.5) is 18.0 Å². The first-order valence-corrected chi connectivity index (χ1v) is 7.94. The fraction of sp³-hybridized carbons (Fsp3) is 0.389. The van der Waals surface area contributed by atoms with E-state index in [0.29, 0.717) is 5.56 Å². The smallest absolute Gasteiger partial charge is 0.274 e. The third kappa shape index (κ3) is 4.30. The van der Waals surface area contributed by atoms with Crippen molar-refractivity contribution in [3.63, 3.8) is 0 Å². The maximum absolute atomic E-state index is 12.5. The van der Waals surface area contributed by atoms with E-state index in [0.717, 1.165) is 28.0 Å². The zero-order valence-electron chi connectivity index (χ0n) is 14.6. The lowest BCUT2D eigenvalue weighted by molar-refractivity contribution is -0.137. The summed E-state index contributed by atoms with van der Waals surface area (Å²) in [5.74, 6) is -0.997. The van der Waals surface area contributed by atoms with E-state index in [2.05, 4.69) is 0 Å². The number of urea groups is 1. The molecule has 0 radical (unpaired) electrons. The number of carbonyl (C=O) groups is 3. The van der Waals surface area contributed by atoms with Crippen LogP contribution >= 0.6 is 0 Å². The first kappa shape index (κ1) is 19.7. The quantitative estimate of drug-likeness (QED) is 0.750. The predicted molar refractivity (Wildman–Crippen MR) is 88.8 cm³/mol. The third-order valence-corrected chi connectivity index (χ3v) is 3.82. The van der Waals surface area contributed by atoms with Crippen LogP contribution in [-0.4, -0.2) is 40.7 Å². The molecule has 1 aliphatic rings. The van der Waals surface area contributed by atoms with Crippen molar-refractivity contribution in [1.29, 1.82) is 0 Å². The molecule has 0 spiro atoms. The van der Waals surface area contributed by atoms with Crippen LogP contribution in [0.2, 0.25) is 0 Å². The first-order chi connectivity index (χ1) is 11.9. The van der Waals surface area contributed by atoms with E-state index in [1.807, 2.05) is 0 Å². The van der Waals surface area contributed by atoms with E-state index in [-0.39, 0.29) is 19.0 Å². The van der Waals surface area contributed by atoms with Crippen molar-refractivity contribution >= 4 is 23.9 Å². The molecule has 1 aromatic carbocycles. The Kier molecular flexibility index (Phi) is 5.25. The Morgan fingerprint density at radius 2 is 1.54 bits per heavy atom. The predicted octanol–water partition coefficient (Wildman–Crippen LogP) is 3.56. The Morgan fingerprint density at radius 1 is 1.00 bits per heavy atom. The van der Waals surface area contributed by atoms with Crippen molar-refractivity contribution in [2.45, 2.75) is 26.9 Å². The minimum absolute atomic E-state index is 0.0802. The van der Waals surface area contributed by atoms with Gasteiger partial charge in [-0.05, 0) is 23.8 Å². The Balaban J connectivity index is 2.05.